The normalized spacial score (nSPS) is 11.4. The van der Waals surface area contributed by atoms with Gasteiger partial charge in [-0.2, -0.15) is 0 Å². The van der Waals surface area contributed by atoms with Gasteiger partial charge in [0.25, 0.3) is 0 Å². The van der Waals surface area contributed by atoms with Crippen LogP contribution in [0.2, 0.25) is 0 Å². The van der Waals surface area contributed by atoms with Gasteiger partial charge in [-0.3, -0.25) is 0 Å². The van der Waals surface area contributed by atoms with E-state index in [9.17, 15) is 0 Å². The lowest BCUT2D eigenvalue weighted by atomic mass is 10.3. The predicted octanol–water partition coefficient (Wildman–Crippen LogP) is 2.00. The lowest BCUT2D eigenvalue weighted by Gasteiger charge is -2.00. The molecule has 0 amide bonds. The topological polar surface area (TPSA) is 47.6 Å². The SMILES string of the molecule is COc1cccc(N=C(N)SC)c1. The summed E-state index contributed by atoms with van der Waals surface area (Å²) in [7, 11) is 1.63. The van der Waals surface area contributed by atoms with Crippen LogP contribution in [-0.2, 0) is 0 Å². The molecule has 0 unspecified atom stereocenters. The van der Waals surface area contributed by atoms with E-state index in [4.69, 9.17) is 10.5 Å². The van der Waals surface area contributed by atoms with Crippen molar-refractivity contribution >= 4 is 22.6 Å². The fourth-order valence-corrected chi connectivity index (χ4v) is 1.05. The van der Waals surface area contributed by atoms with Gasteiger partial charge in [-0.15, -0.1) is 0 Å². The Labute approximate surface area is 82.0 Å². The molecule has 0 spiro atoms. The smallest absolute Gasteiger partial charge is 0.158 e. The Hall–Kier alpha value is -1.16. The van der Waals surface area contributed by atoms with Crippen molar-refractivity contribution in [1.82, 2.24) is 0 Å². The molecular formula is C9H12N2OS. The van der Waals surface area contributed by atoms with Gasteiger partial charge in [0.05, 0.1) is 12.8 Å². The summed E-state index contributed by atoms with van der Waals surface area (Å²) in [4.78, 5) is 4.16. The fourth-order valence-electron chi connectivity index (χ4n) is 0.853. The Bertz CT molecular complexity index is 312. The van der Waals surface area contributed by atoms with Crippen molar-refractivity contribution in [2.75, 3.05) is 13.4 Å². The van der Waals surface area contributed by atoms with Gasteiger partial charge in [-0.05, 0) is 18.4 Å². The van der Waals surface area contributed by atoms with E-state index in [-0.39, 0.29) is 0 Å². The van der Waals surface area contributed by atoms with Gasteiger partial charge in [0.15, 0.2) is 5.17 Å². The molecule has 0 heterocycles. The number of hydrogen-bond donors (Lipinski definition) is 1. The van der Waals surface area contributed by atoms with Crippen LogP contribution in [-0.4, -0.2) is 18.5 Å². The summed E-state index contributed by atoms with van der Waals surface area (Å²) in [5, 5.41) is 0.549. The number of benzene rings is 1. The summed E-state index contributed by atoms with van der Waals surface area (Å²) in [6.45, 7) is 0. The Kier molecular flexibility index (Phi) is 3.64. The van der Waals surface area contributed by atoms with Crippen molar-refractivity contribution in [3.63, 3.8) is 0 Å². The molecule has 1 aromatic carbocycles. The molecule has 4 heteroatoms. The highest BCUT2D eigenvalue weighted by molar-refractivity contribution is 8.13. The summed E-state index contributed by atoms with van der Waals surface area (Å²) in [5.74, 6) is 0.787. The third kappa shape index (κ3) is 2.99. The predicted molar refractivity (Wildman–Crippen MR) is 57.8 cm³/mol. The van der Waals surface area contributed by atoms with E-state index in [2.05, 4.69) is 4.99 Å². The molecule has 0 saturated carbocycles. The second kappa shape index (κ2) is 4.77. The fraction of sp³-hybridized carbons (Fsp3) is 0.222. The van der Waals surface area contributed by atoms with Crippen molar-refractivity contribution in [3.05, 3.63) is 24.3 Å². The minimum absolute atomic E-state index is 0.549. The maximum Gasteiger partial charge on any atom is 0.158 e. The third-order valence-corrected chi connectivity index (χ3v) is 2.01. The standard InChI is InChI=1S/C9H12N2OS/c1-12-8-5-3-4-7(6-8)11-9(10)13-2/h3-6H,1-2H3,(H2,10,11). The number of amidine groups is 1. The van der Waals surface area contributed by atoms with Crippen LogP contribution in [0.3, 0.4) is 0 Å². The van der Waals surface area contributed by atoms with Crippen molar-refractivity contribution in [1.29, 1.82) is 0 Å². The Morgan fingerprint density at radius 3 is 2.92 bits per heavy atom. The van der Waals surface area contributed by atoms with Gasteiger partial charge in [0.2, 0.25) is 0 Å². The molecule has 1 rings (SSSR count). The number of aliphatic imine (C=N–C) groups is 1. The molecule has 2 N–H and O–H groups in total. The van der Waals surface area contributed by atoms with E-state index in [0.717, 1.165) is 11.4 Å². The highest BCUT2D eigenvalue weighted by Crippen LogP contribution is 2.19. The van der Waals surface area contributed by atoms with Crippen LogP contribution in [0.4, 0.5) is 5.69 Å². The Morgan fingerprint density at radius 1 is 1.54 bits per heavy atom. The molecular weight excluding hydrogens is 184 g/mol. The number of methoxy groups -OCH3 is 1. The highest BCUT2D eigenvalue weighted by atomic mass is 32.2. The minimum Gasteiger partial charge on any atom is -0.497 e. The Morgan fingerprint density at radius 2 is 2.31 bits per heavy atom. The van der Waals surface area contributed by atoms with Gasteiger partial charge in [-0.1, -0.05) is 17.8 Å². The van der Waals surface area contributed by atoms with Crippen molar-refractivity contribution < 1.29 is 4.74 Å². The van der Waals surface area contributed by atoms with Crippen LogP contribution in [0.1, 0.15) is 0 Å². The maximum absolute atomic E-state index is 5.57. The molecule has 0 aliphatic rings. The monoisotopic (exact) mass is 196 g/mol. The number of nitrogens with zero attached hydrogens (tertiary/aromatic N) is 1. The van der Waals surface area contributed by atoms with Crippen molar-refractivity contribution in [2.24, 2.45) is 10.7 Å². The zero-order valence-electron chi connectivity index (χ0n) is 7.65. The first-order valence-corrected chi connectivity index (χ1v) is 5.01. The van der Waals surface area contributed by atoms with Crippen molar-refractivity contribution in [3.8, 4) is 5.75 Å². The molecule has 70 valence electrons. The molecule has 0 atom stereocenters. The van der Waals surface area contributed by atoms with Gasteiger partial charge < -0.3 is 10.5 Å². The van der Waals surface area contributed by atoms with Gasteiger partial charge in [0.1, 0.15) is 5.75 Å². The van der Waals surface area contributed by atoms with Gasteiger partial charge in [-0.25, -0.2) is 4.99 Å². The minimum atomic E-state index is 0.549. The average Bonchev–Trinajstić information content (AvgIpc) is 2.18. The van der Waals surface area contributed by atoms with Crippen LogP contribution >= 0.6 is 11.8 Å². The zero-order valence-corrected chi connectivity index (χ0v) is 8.47. The van der Waals surface area contributed by atoms with Crippen LogP contribution in [0.15, 0.2) is 29.3 Å². The van der Waals surface area contributed by atoms with E-state index in [0.29, 0.717) is 5.17 Å². The molecule has 0 saturated heterocycles. The molecule has 0 aromatic heterocycles. The van der Waals surface area contributed by atoms with Crippen LogP contribution < -0.4 is 10.5 Å². The summed E-state index contributed by atoms with van der Waals surface area (Å²) < 4.78 is 5.05. The first-order valence-electron chi connectivity index (χ1n) is 3.78. The molecule has 0 fully saturated rings. The van der Waals surface area contributed by atoms with E-state index < -0.39 is 0 Å². The first-order chi connectivity index (χ1) is 6.26. The lowest BCUT2D eigenvalue weighted by molar-refractivity contribution is 0.415. The number of thioether (sulfide) groups is 1. The summed E-state index contributed by atoms with van der Waals surface area (Å²) in [6.07, 6.45) is 1.89. The quantitative estimate of drug-likeness (QED) is 0.581. The third-order valence-electron chi connectivity index (χ3n) is 1.50. The number of hydrogen-bond acceptors (Lipinski definition) is 3. The van der Waals surface area contributed by atoms with Crippen LogP contribution in [0, 0.1) is 0 Å². The molecule has 3 nitrogen and oxygen atoms in total. The first kappa shape index (κ1) is 9.92. The van der Waals surface area contributed by atoms with E-state index in [1.165, 1.54) is 11.8 Å². The Balaban J connectivity index is 2.89. The zero-order chi connectivity index (χ0) is 9.68. The van der Waals surface area contributed by atoms with E-state index in [1.54, 1.807) is 7.11 Å². The summed E-state index contributed by atoms with van der Waals surface area (Å²) in [6, 6.07) is 7.47. The summed E-state index contributed by atoms with van der Waals surface area (Å²) >= 11 is 1.42. The molecule has 0 radical (unpaired) electrons. The number of rotatable bonds is 2. The lowest BCUT2D eigenvalue weighted by Crippen LogP contribution is -2.04. The van der Waals surface area contributed by atoms with E-state index >= 15 is 0 Å². The average molecular weight is 196 g/mol. The molecule has 0 aliphatic carbocycles. The van der Waals surface area contributed by atoms with E-state index in [1.807, 2.05) is 30.5 Å². The van der Waals surface area contributed by atoms with Crippen LogP contribution in [0.25, 0.3) is 0 Å². The second-order valence-corrected chi connectivity index (χ2v) is 3.18. The molecule has 0 bridgehead atoms. The summed E-state index contributed by atoms with van der Waals surface area (Å²) in [5.41, 5.74) is 6.38. The highest BCUT2D eigenvalue weighted by Gasteiger charge is 1.94. The van der Waals surface area contributed by atoms with Gasteiger partial charge in [0, 0.05) is 6.07 Å². The molecule has 0 aliphatic heterocycles. The largest absolute Gasteiger partial charge is 0.497 e. The molecule has 1 aromatic rings. The number of ether oxygens (including phenoxy) is 1. The van der Waals surface area contributed by atoms with Crippen molar-refractivity contribution in [2.45, 2.75) is 0 Å². The van der Waals surface area contributed by atoms with Crippen LogP contribution in [0.5, 0.6) is 5.75 Å². The number of nitrogens with two attached hydrogens (primary N) is 1. The second-order valence-electron chi connectivity index (χ2n) is 2.36. The van der Waals surface area contributed by atoms with Gasteiger partial charge >= 0.3 is 0 Å². The maximum atomic E-state index is 5.57. The molecule has 13 heavy (non-hydrogen) atoms.